The summed E-state index contributed by atoms with van der Waals surface area (Å²) < 4.78 is 29.7. The minimum Gasteiger partial charge on any atom is -0.465 e. The summed E-state index contributed by atoms with van der Waals surface area (Å²) in [5.41, 5.74) is -0.488. The van der Waals surface area contributed by atoms with Crippen LogP contribution in [0.1, 0.15) is 27.9 Å². The number of aryl methyl sites for hydroxylation is 1. The maximum absolute atomic E-state index is 12.6. The largest absolute Gasteiger partial charge is 0.465 e. The highest BCUT2D eigenvalue weighted by molar-refractivity contribution is 6.30. The van der Waals surface area contributed by atoms with E-state index in [-0.39, 0.29) is 10.7 Å². The molecule has 6 heteroatoms. The van der Waals surface area contributed by atoms with Crippen LogP contribution < -0.4 is 0 Å². The van der Waals surface area contributed by atoms with Crippen LogP contribution in [0.25, 0.3) is 0 Å². The molecule has 0 aliphatic carbocycles. The predicted octanol–water partition coefficient (Wildman–Crippen LogP) is 2.77. The standard InChI is InChI=1S/C9H8ClF2NO2/c1-4-3-13-7(10)6(8(11)12)5(4)9(14)15-2/h3,8H,1-2H3. The Bertz CT molecular complexity index is 396. The summed E-state index contributed by atoms with van der Waals surface area (Å²) >= 11 is 5.50. The number of aromatic nitrogens is 1. The lowest BCUT2D eigenvalue weighted by molar-refractivity contribution is 0.0588. The number of alkyl halides is 2. The van der Waals surface area contributed by atoms with Crippen LogP contribution in [0.2, 0.25) is 5.15 Å². The van der Waals surface area contributed by atoms with Crippen molar-refractivity contribution in [3.05, 3.63) is 28.0 Å². The molecule has 1 aromatic heterocycles. The Morgan fingerprint density at radius 2 is 2.20 bits per heavy atom. The molecule has 0 bridgehead atoms. The van der Waals surface area contributed by atoms with E-state index in [4.69, 9.17) is 11.6 Å². The van der Waals surface area contributed by atoms with Gasteiger partial charge < -0.3 is 4.74 Å². The number of carbonyl (C=O) groups excluding carboxylic acids is 1. The van der Waals surface area contributed by atoms with E-state index in [1.165, 1.54) is 13.1 Å². The molecule has 0 spiro atoms. The van der Waals surface area contributed by atoms with Gasteiger partial charge in [0.05, 0.1) is 18.2 Å². The number of hydrogen-bond donors (Lipinski definition) is 0. The highest BCUT2D eigenvalue weighted by Gasteiger charge is 2.25. The SMILES string of the molecule is COC(=O)c1c(C)cnc(Cl)c1C(F)F. The first-order valence-corrected chi connectivity index (χ1v) is 4.38. The van der Waals surface area contributed by atoms with Crippen molar-refractivity contribution in [2.45, 2.75) is 13.3 Å². The molecule has 0 N–H and O–H groups in total. The maximum atomic E-state index is 12.6. The number of pyridine rings is 1. The molecule has 0 aliphatic rings. The van der Waals surface area contributed by atoms with Crippen molar-refractivity contribution >= 4 is 17.6 Å². The van der Waals surface area contributed by atoms with Crippen LogP contribution in [0.3, 0.4) is 0 Å². The Morgan fingerprint density at radius 3 is 2.67 bits per heavy atom. The summed E-state index contributed by atoms with van der Waals surface area (Å²) in [6.45, 7) is 1.49. The minimum absolute atomic E-state index is 0.215. The van der Waals surface area contributed by atoms with Crippen LogP contribution in [0.15, 0.2) is 6.20 Å². The number of esters is 1. The van der Waals surface area contributed by atoms with Gasteiger partial charge in [-0.3, -0.25) is 0 Å². The summed E-state index contributed by atoms with van der Waals surface area (Å²) in [5, 5.41) is -0.379. The summed E-state index contributed by atoms with van der Waals surface area (Å²) in [4.78, 5) is 14.8. The van der Waals surface area contributed by atoms with Crippen molar-refractivity contribution in [1.29, 1.82) is 0 Å². The van der Waals surface area contributed by atoms with Gasteiger partial charge in [0.2, 0.25) is 0 Å². The predicted molar refractivity (Wildman–Crippen MR) is 50.3 cm³/mol. The molecule has 1 heterocycles. The zero-order chi connectivity index (χ0) is 11.6. The first kappa shape index (κ1) is 11.8. The third-order valence-electron chi connectivity index (χ3n) is 1.87. The first-order chi connectivity index (χ1) is 6.99. The molecule has 0 amide bonds. The van der Waals surface area contributed by atoms with Crippen molar-refractivity contribution in [3.63, 3.8) is 0 Å². The van der Waals surface area contributed by atoms with Gasteiger partial charge in [-0.15, -0.1) is 0 Å². The summed E-state index contributed by atoms with van der Waals surface area (Å²) in [6, 6.07) is 0. The molecule has 0 radical (unpaired) electrons. The minimum atomic E-state index is -2.86. The van der Waals surface area contributed by atoms with E-state index in [0.717, 1.165) is 7.11 Å². The Balaban J connectivity index is 3.45. The van der Waals surface area contributed by atoms with Crippen LogP contribution in [0.5, 0.6) is 0 Å². The van der Waals surface area contributed by atoms with Gasteiger partial charge in [0.1, 0.15) is 5.15 Å². The monoisotopic (exact) mass is 235 g/mol. The molecular weight excluding hydrogens is 228 g/mol. The van der Waals surface area contributed by atoms with Crippen LogP contribution in [-0.4, -0.2) is 18.1 Å². The van der Waals surface area contributed by atoms with Gasteiger partial charge in [-0.05, 0) is 12.5 Å². The second-order valence-corrected chi connectivity index (χ2v) is 3.17. The molecular formula is C9H8ClF2NO2. The van der Waals surface area contributed by atoms with Crippen LogP contribution >= 0.6 is 11.6 Å². The molecule has 82 valence electrons. The number of rotatable bonds is 2. The average Bonchev–Trinajstić information content (AvgIpc) is 2.19. The fourth-order valence-corrected chi connectivity index (χ4v) is 1.40. The van der Waals surface area contributed by atoms with Crippen molar-refractivity contribution in [3.8, 4) is 0 Å². The summed E-state index contributed by atoms with van der Waals surface area (Å²) in [6.07, 6.45) is -1.61. The van der Waals surface area contributed by atoms with Gasteiger partial charge in [-0.2, -0.15) is 0 Å². The second-order valence-electron chi connectivity index (χ2n) is 2.81. The lowest BCUT2D eigenvalue weighted by atomic mass is 10.1. The number of methoxy groups -OCH3 is 1. The summed E-state index contributed by atoms with van der Waals surface area (Å²) in [5.74, 6) is -0.841. The number of hydrogen-bond acceptors (Lipinski definition) is 3. The quantitative estimate of drug-likeness (QED) is 0.585. The van der Waals surface area contributed by atoms with Crippen molar-refractivity contribution in [2.75, 3.05) is 7.11 Å². The topological polar surface area (TPSA) is 39.2 Å². The van der Waals surface area contributed by atoms with Gasteiger partial charge in [-0.1, -0.05) is 11.6 Å². The zero-order valence-corrected chi connectivity index (χ0v) is 8.81. The highest BCUT2D eigenvalue weighted by atomic mass is 35.5. The second kappa shape index (κ2) is 4.53. The molecule has 0 saturated heterocycles. The molecule has 0 fully saturated rings. The third kappa shape index (κ3) is 2.23. The van der Waals surface area contributed by atoms with Crippen molar-refractivity contribution in [1.82, 2.24) is 4.98 Å². The van der Waals surface area contributed by atoms with E-state index in [9.17, 15) is 13.6 Å². The van der Waals surface area contributed by atoms with Gasteiger partial charge in [0.15, 0.2) is 0 Å². The Labute approximate surface area is 90.0 Å². The molecule has 0 aromatic carbocycles. The zero-order valence-electron chi connectivity index (χ0n) is 8.05. The lowest BCUT2D eigenvalue weighted by Gasteiger charge is -2.10. The highest BCUT2D eigenvalue weighted by Crippen LogP contribution is 2.30. The van der Waals surface area contributed by atoms with Gasteiger partial charge in [0.25, 0.3) is 6.43 Å². The Hall–Kier alpha value is -1.23. The van der Waals surface area contributed by atoms with Crippen LogP contribution in [0, 0.1) is 6.92 Å². The van der Waals surface area contributed by atoms with E-state index in [0.29, 0.717) is 5.56 Å². The molecule has 0 unspecified atom stereocenters. The first-order valence-electron chi connectivity index (χ1n) is 4.00. The number of ether oxygens (including phenoxy) is 1. The number of nitrogens with zero attached hydrogens (tertiary/aromatic N) is 1. The molecule has 0 atom stereocenters. The fraction of sp³-hybridized carbons (Fsp3) is 0.333. The van der Waals surface area contributed by atoms with Crippen molar-refractivity contribution < 1.29 is 18.3 Å². The van der Waals surface area contributed by atoms with Crippen LogP contribution in [0.4, 0.5) is 8.78 Å². The van der Waals surface area contributed by atoms with Gasteiger partial charge in [0, 0.05) is 6.20 Å². The maximum Gasteiger partial charge on any atom is 0.338 e. The molecule has 3 nitrogen and oxygen atoms in total. The molecule has 0 aliphatic heterocycles. The molecule has 1 aromatic rings. The van der Waals surface area contributed by atoms with Crippen LogP contribution in [-0.2, 0) is 4.74 Å². The van der Waals surface area contributed by atoms with E-state index in [1.807, 2.05) is 0 Å². The van der Waals surface area contributed by atoms with Crippen molar-refractivity contribution in [2.24, 2.45) is 0 Å². The normalized spacial score (nSPS) is 10.5. The molecule has 1 rings (SSSR count). The fourth-order valence-electron chi connectivity index (χ4n) is 1.18. The van der Waals surface area contributed by atoms with E-state index in [1.54, 1.807) is 0 Å². The Kier molecular flexibility index (Phi) is 3.57. The van der Waals surface area contributed by atoms with Gasteiger partial charge in [-0.25, -0.2) is 18.6 Å². The lowest BCUT2D eigenvalue weighted by Crippen LogP contribution is -2.10. The molecule has 0 saturated carbocycles. The third-order valence-corrected chi connectivity index (χ3v) is 2.17. The smallest absolute Gasteiger partial charge is 0.338 e. The molecule has 15 heavy (non-hydrogen) atoms. The summed E-state index contributed by atoms with van der Waals surface area (Å²) in [7, 11) is 1.12. The van der Waals surface area contributed by atoms with E-state index < -0.39 is 18.0 Å². The average molecular weight is 236 g/mol. The Morgan fingerprint density at radius 1 is 1.60 bits per heavy atom. The van der Waals surface area contributed by atoms with E-state index in [2.05, 4.69) is 9.72 Å². The van der Waals surface area contributed by atoms with Gasteiger partial charge >= 0.3 is 5.97 Å². The van der Waals surface area contributed by atoms with E-state index >= 15 is 0 Å². The number of carbonyl (C=O) groups is 1. The number of halogens is 3.